The molecule has 4 rings (SSSR count). The number of aromatic nitrogens is 2. The standard InChI is InChI=1S/C34H45N5O6/c1-4-6-16-37(17-7-5-2)34(45)29-18-23(3)39(36-29)30-13-12-26(35-31(41)14-15-32(42)43)20-28(30)33(44)38-21-25-11-9-8-10-24(25)19-27(38)22-40/h8-13,18,20,27,34,40,45H,4-7,14-17,19,21-22H2,1-3H3,(H,35,41)(H,42,43). The van der Waals surface area contributed by atoms with E-state index in [1.165, 1.54) is 0 Å². The Kier molecular flexibility index (Phi) is 11.9. The van der Waals surface area contributed by atoms with Crippen LogP contribution in [0.1, 0.15) is 91.5 Å². The lowest BCUT2D eigenvalue weighted by atomic mass is 9.93. The molecule has 45 heavy (non-hydrogen) atoms. The molecule has 1 aromatic heterocycles. The molecule has 2 amide bonds. The molecule has 0 radical (unpaired) electrons. The van der Waals surface area contributed by atoms with Crippen molar-refractivity contribution in [2.75, 3.05) is 25.0 Å². The Morgan fingerprint density at radius 3 is 2.36 bits per heavy atom. The predicted octanol–water partition coefficient (Wildman–Crippen LogP) is 4.44. The summed E-state index contributed by atoms with van der Waals surface area (Å²) in [6, 6.07) is 14.1. The van der Waals surface area contributed by atoms with Crippen LogP contribution in [0.15, 0.2) is 48.5 Å². The fraction of sp³-hybridized carbons (Fsp3) is 0.471. The minimum Gasteiger partial charge on any atom is -0.481 e. The molecule has 2 atom stereocenters. The van der Waals surface area contributed by atoms with Crippen LogP contribution in [0.5, 0.6) is 0 Å². The van der Waals surface area contributed by atoms with Gasteiger partial charge in [0, 0.05) is 37.4 Å². The number of fused-ring (bicyclic) bond motifs is 1. The molecule has 3 aromatic rings. The third kappa shape index (κ3) is 8.36. The number of aliphatic hydroxyl groups excluding tert-OH is 2. The number of benzene rings is 2. The molecule has 242 valence electrons. The Balaban J connectivity index is 1.73. The van der Waals surface area contributed by atoms with E-state index in [0.29, 0.717) is 35.7 Å². The molecular weight excluding hydrogens is 574 g/mol. The van der Waals surface area contributed by atoms with Crippen LogP contribution in [0.2, 0.25) is 0 Å². The molecule has 1 aliphatic rings. The molecule has 0 bridgehead atoms. The highest BCUT2D eigenvalue weighted by atomic mass is 16.4. The Morgan fingerprint density at radius 2 is 1.71 bits per heavy atom. The van der Waals surface area contributed by atoms with Gasteiger partial charge in [-0.15, -0.1) is 0 Å². The highest BCUT2D eigenvalue weighted by Crippen LogP contribution is 2.30. The third-order valence-electron chi connectivity index (χ3n) is 8.25. The van der Waals surface area contributed by atoms with Gasteiger partial charge in [-0.25, -0.2) is 4.68 Å². The maximum atomic E-state index is 14.3. The van der Waals surface area contributed by atoms with Crippen molar-refractivity contribution in [3.8, 4) is 5.69 Å². The summed E-state index contributed by atoms with van der Waals surface area (Å²) in [6.07, 6.45) is 2.98. The molecule has 2 heterocycles. The van der Waals surface area contributed by atoms with E-state index < -0.39 is 24.1 Å². The van der Waals surface area contributed by atoms with Crippen molar-refractivity contribution in [1.29, 1.82) is 0 Å². The zero-order valence-corrected chi connectivity index (χ0v) is 26.4. The number of amides is 2. The average molecular weight is 620 g/mol. The van der Waals surface area contributed by atoms with Crippen molar-refractivity contribution in [3.05, 3.63) is 76.6 Å². The third-order valence-corrected chi connectivity index (χ3v) is 8.25. The van der Waals surface area contributed by atoms with Crippen LogP contribution in [0.25, 0.3) is 5.69 Å². The van der Waals surface area contributed by atoms with Gasteiger partial charge in [0.2, 0.25) is 5.91 Å². The first-order valence-corrected chi connectivity index (χ1v) is 15.8. The van der Waals surface area contributed by atoms with E-state index in [4.69, 9.17) is 10.2 Å². The number of nitrogens with zero attached hydrogens (tertiary/aromatic N) is 4. The maximum Gasteiger partial charge on any atom is 0.303 e. The van der Waals surface area contributed by atoms with Gasteiger partial charge < -0.3 is 25.5 Å². The fourth-order valence-corrected chi connectivity index (χ4v) is 5.69. The lowest BCUT2D eigenvalue weighted by Crippen LogP contribution is -2.46. The second-order valence-electron chi connectivity index (χ2n) is 11.7. The van der Waals surface area contributed by atoms with Crippen LogP contribution < -0.4 is 5.32 Å². The van der Waals surface area contributed by atoms with Crippen molar-refractivity contribution in [2.45, 2.75) is 84.5 Å². The van der Waals surface area contributed by atoms with Crippen molar-refractivity contribution in [3.63, 3.8) is 0 Å². The molecule has 4 N–H and O–H groups in total. The van der Waals surface area contributed by atoms with Gasteiger partial charge in [-0.2, -0.15) is 5.10 Å². The first-order valence-electron chi connectivity index (χ1n) is 15.8. The van der Waals surface area contributed by atoms with Crippen molar-refractivity contribution >= 4 is 23.5 Å². The Labute approximate surface area is 264 Å². The van der Waals surface area contributed by atoms with Crippen molar-refractivity contribution in [1.82, 2.24) is 19.6 Å². The van der Waals surface area contributed by atoms with Gasteiger partial charge in [0.05, 0.1) is 30.3 Å². The summed E-state index contributed by atoms with van der Waals surface area (Å²) in [4.78, 5) is 41.5. The van der Waals surface area contributed by atoms with Crippen LogP contribution >= 0.6 is 0 Å². The van der Waals surface area contributed by atoms with Crippen LogP contribution in [0.4, 0.5) is 5.69 Å². The number of nitrogens with one attached hydrogen (secondary N) is 1. The number of aryl methyl sites for hydroxylation is 1. The van der Waals surface area contributed by atoms with E-state index >= 15 is 0 Å². The molecule has 11 nitrogen and oxygen atoms in total. The van der Waals surface area contributed by atoms with Crippen molar-refractivity contribution < 1.29 is 29.7 Å². The zero-order valence-electron chi connectivity index (χ0n) is 26.4. The van der Waals surface area contributed by atoms with Crippen molar-refractivity contribution in [2.24, 2.45) is 0 Å². The summed E-state index contributed by atoms with van der Waals surface area (Å²) >= 11 is 0. The number of carbonyl (C=O) groups is 3. The SMILES string of the molecule is CCCCN(CCCC)C(O)c1cc(C)n(-c2ccc(NC(=O)CCC(=O)O)cc2C(=O)N2Cc3ccccc3CC2CO)n1. The summed E-state index contributed by atoms with van der Waals surface area (Å²) in [6.45, 7) is 7.65. The number of hydrogen-bond donors (Lipinski definition) is 4. The smallest absolute Gasteiger partial charge is 0.303 e. The molecule has 2 aromatic carbocycles. The number of aliphatic carboxylic acids is 1. The average Bonchev–Trinajstić information content (AvgIpc) is 3.43. The second kappa shape index (κ2) is 15.8. The molecular formula is C34H45N5O6. The molecule has 0 fully saturated rings. The lowest BCUT2D eigenvalue weighted by molar-refractivity contribution is -0.138. The van der Waals surface area contributed by atoms with E-state index in [2.05, 4.69) is 19.2 Å². The van der Waals surface area contributed by atoms with Gasteiger partial charge in [0.1, 0.15) is 5.69 Å². The molecule has 0 saturated heterocycles. The Bertz CT molecular complexity index is 1480. The monoisotopic (exact) mass is 619 g/mol. The second-order valence-corrected chi connectivity index (χ2v) is 11.7. The predicted molar refractivity (Wildman–Crippen MR) is 171 cm³/mol. The summed E-state index contributed by atoms with van der Waals surface area (Å²) < 4.78 is 1.63. The molecule has 0 spiro atoms. The number of hydrogen-bond acceptors (Lipinski definition) is 7. The van der Waals surface area contributed by atoms with Crippen LogP contribution in [0.3, 0.4) is 0 Å². The highest BCUT2D eigenvalue weighted by Gasteiger charge is 2.32. The Hall–Kier alpha value is -4.06. The van der Waals surface area contributed by atoms with E-state index in [-0.39, 0.29) is 30.9 Å². The van der Waals surface area contributed by atoms with Gasteiger partial charge in [-0.05, 0) is 61.6 Å². The van der Waals surface area contributed by atoms with Gasteiger partial charge in [-0.3, -0.25) is 19.3 Å². The van der Waals surface area contributed by atoms with Gasteiger partial charge in [-0.1, -0.05) is 51.0 Å². The zero-order chi connectivity index (χ0) is 32.5. The quantitative estimate of drug-likeness (QED) is 0.183. The van der Waals surface area contributed by atoms with Gasteiger partial charge in [0.25, 0.3) is 5.91 Å². The number of anilines is 1. The minimum atomic E-state index is -1.08. The minimum absolute atomic E-state index is 0.206. The summed E-state index contributed by atoms with van der Waals surface area (Å²) in [5.41, 5.74) is 4.32. The molecule has 11 heteroatoms. The Morgan fingerprint density at radius 1 is 1.02 bits per heavy atom. The van der Waals surface area contributed by atoms with Crippen LogP contribution in [-0.4, -0.2) is 78.4 Å². The summed E-state index contributed by atoms with van der Waals surface area (Å²) in [5, 5.41) is 38.1. The first-order chi connectivity index (χ1) is 21.7. The number of rotatable bonds is 15. The molecule has 1 aliphatic heterocycles. The van der Waals surface area contributed by atoms with Gasteiger partial charge >= 0.3 is 5.97 Å². The number of carboxylic acids is 1. The summed E-state index contributed by atoms with van der Waals surface area (Å²) in [7, 11) is 0. The van der Waals surface area contributed by atoms with E-state index in [0.717, 1.165) is 49.9 Å². The topological polar surface area (TPSA) is 148 Å². The largest absolute Gasteiger partial charge is 0.481 e. The van der Waals surface area contributed by atoms with Crippen LogP contribution in [0, 0.1) is 6.92 Å². The number of carboxylic acid groups (broad SMARTS) is 1. The lowest BCUT2D eigenvalue weighted by Gasteiger charge is -2.36. The fourth-order valence-electron chi connectivity index (χ4n) is 5.69. The van der Waals surface area contributed by atoms with Gasteiger partial charge in [0.15, 0.2) is 6.23 Å². The molecule has 0 aliphatic carbocycles. The normalized spacial score (nSPS) is 15.2. The van der Waals surface area contributed by atoms with E-state index in [1.54, 1.807) is 27.8 Å². The summed E-state index contributed by atoms with van der Waals surface area (Å²) in [5.74, 6) is -1.90. The number of carbonyl (C=O) groups excluding carboxylic acids is 2. The highest BCUT2D eigenvalue weighted by molar-refractivity contribution is 6.00. The van der Waals surface area contributed by atoms with E-state index in [9.17, 15) is 24.6 Å². The number of unbranched alkanes of at least 4 members (excludes halogenated alkanes) is 2. The molecule has 2 unspecified atom stereocenters. The van der Waals surface area contributed by atoms with E-state index in [1.807, 2.05) is 42.2 Å². The van der Waals surface area contributed by atoms with Crippen LogP contribution in [-0.2, 0) is 22.6 Å². The maximum absolute atomic E-state index is 14.3. The molecule has 0 saturated carbocycles. The first kappa shape index (κ1) is 33.8. The number of aliphatic hydroxyl groups is 2.